The molecule has 3 aliphatic carbocycles. The molecule has 0 amide bonds. The zero-order valence-corrected chi connectivity index (χ0v) is 76.2. The van der Waals surface area contributed by atoms with Crippen molar-refractivity contribution in [1.82, 2.24) is 0 Å². The molecule has 2 heteroatoms. The normalized spacial score (nSPS) is 13.8. The van der Waals surface area contributed by atoms with Gasteiger partial charge in [-0.1, -0.05) is 357 Å². The van der Waals surface area contributed by atoms with Gasteiger partial charge in [0.2, 0.25) is 0 Å². The maximum Gasteiger partial charge on any atom is 0.0433 e. The third-order valence-corrected chi connectivity index (χ3v) is 33.2. The fourth-order valence-electron chi connectivity index (χ4n) is 24.4. The second-order valence-electron chi connectivity index (χ2n) is 39.3. The Bertz CT molecular complexity index is 9500. The molecule has 0 saturated heterocycles. The molecule has 0 N–H and O–H groups in total. The highest BCUT2D eigenvalue weighted by Gasteiger charge is 2.42. The van der Waals surface area contributed by atoms with E-state index < -0.39 is 0 Å². The lowest BCUT2D eigenvalue weighted by Gasteiger charge is -2.25. The van der Waals surface area contributed by atoms with Crippen molar-refractivity contribution in [3.05, 3.63) is 446 Å². The first kappa shape index (κ1) is 76.4. The monoisotopic (exact) mass is 1720 g/mol. The van der Waals surface area contributed by atoms with Crippen LogP contribution >= 0.6 is 22.7 Å². The molecule has 0 atom stereocenters. The molecule has 2 aromatic heterocycles. The Labute approximate surface area is 780 Å². The van der Waals surface area contributed by atoms with E-state index >= 15 is 0 Å². The van der Waals surface area contributed by atoms with Crippen molar-refractivity contribution in [3.8, 4) is 134 Å². The molecule has 0 radical (unpaired) electrons. The maximum absolute atomic E-state index is 2.47. The molecule has 0 nitrogen and oxygen atoms in total. The summed E-state index contributed by atoms with van der Waals surface area (Å²) >= 11 is 3.81. The molecule has 0 saturated carbocycles. The van der Waals surface area contributed by atoms with Crippen molar-refractivity contribution >= 4 is 149 Å². The minimum Gasteiger partial charge on any atom is -0.135 e. The highest BCUT2D eigenvalue weighted by Crippen LogP contribution is 2.59. The van der Waals surface area contributed by atoms with E-state index in [4.69, 9.17) is 0 Å². The van der Waals surface area contributed by atoms with E-state index in [9.17, 15) is 0 Å². The van der Waals surface area contributed by atoms with Crippen molar-refractivity contribution in [2.24, 2.45) is 0 Å². The molecule has 0 fully saturated rings. The molecular weight excluding hydrogens is 1640 g/mol. The predicted octanol–water partition coefficient (Wildman–Crippen LogP) is 37.6. The fourth-order valence-corrected chi connectivity index (χ4v) is 26.9. The number of thiophene rings is 2. The Balaban J connectivity index is 0.416. The molecule has 0 bridgehead atoms. The quantitative estimate of drug-likeness (QED) is 0.135. The SMILES string of the molecule is CC1(C)c2cc3ccc(-c4ccc5ccc(-c6ccc7cc(-c8cccc(-c9ccc%10c%11c(ccc%10c9)-c9ccc%10cc(-c%12ccc%13c(c%12)sc%12c(-c%14cccc(-c%15ccc%16c%17c(ccc%16c%15)-c%15ccc%16ccccc%16c%15C%17(C)C)c%14)cccc%12%13)ccc%10c9C%11(C)C)c8)ccc7c6)cc5c4)cc3cc2-c2ccc3cc(-c4cccc(-c5cccc6c5sc5ccccc56)c4)ccc3c21. The van der Waals surface area contributed by atoms with Crippen LogP contribution in [0.15, 0.2) is 413 Å². The van der Waals surface area contributed by atoms with Crippen molar-refractivity contribution in [2.75, 3.05) is 0 Å². The number of hydrogen-bond acceptors (Lipinski definition) is 2. The van der Waals surface area contributed by atoms with Crippen molar-refractivity contribution in [1.29, 1.82) is 0 Å². The number of hydrogen-bond donors (Lipinski definition) is 0. The van der Waals surface area contributed by atoms with E-state index in [2.05, 4.69) is 454 Å². The van der Waals surface area contributed by atoms with Gasteiger partial charge in [0, 0.05) is 56.6 Å². The van der Waals surface area contributed by atoms with Crippen LogP contribution in [0.25, 0.3) is 260 Å². The summed E-state index contributed by atoms with van der Waals surface area (Å²) in [6.45, 7) is 14.6. The second-order valence-corrected chi connectivity index (χ2v) is 41.4. The van der Waals surface area contributed by atoms with Crippen molar-refractivity contribution in [2.45, 2.75) is 57.8 Å². The Hall–Kier alpha value is -15.4. The molecule has 3 aliphatic rings. The van der Waals surface area contributed by atoms with Crippen LogP contribution in [0.4, 0.5) is 0 Å². The van der Waals surface area contributed by atoms with Crippen LogP contribution in [0.1, 0.15) is 74.9 Å². The highest BCUT2D eigenvalue weighted by atomic mass is 32.1. The van der Waals surface area contributed by atoms with E-state index in [1.54, 1.807) is 0 Å². The average Bonchev–Trinajstić information content (AvgIpc) is 1.55. The lowest BCUT2D eigenvalue weighted by Crippen LogP contribution is -2.16. The molecule has 133 heavy (non-hydrogen) atoms. The van der Waals surface area contributed by atoms with Crippen molar-refractivity contribution in [3.63, 3.8) is 0 Å². The van der Waals surface area contributed by atoms with Crippen molar-refractivity contribution < 1.29 is 0 Å². The Kier molecular flexibility index (Phi) is 16.3. The first-order valence-electron chi connectivity index (χ1n) is 46.8. The summed E-state index contributed by atoms with van der Waals surface area (Å²) < 4.78 is 5.30. The van der Waals surface area contributed by atoms with E-state index in [-0.39, 0.29) is 16.2 Å². The largest absolute Gasteiger partial charge is 0.135 e. The van der Waals surface area contributed by atoms with Gasteiger partial charge in [-0.25, -0.2) is 0 Å². The van der Waals surface area contributed by atoms with Crippen LogP contribution in [0.3, 0.4) is 0 Å². The summed E-state index contributed by atoms with van der Waals surface area (Å²) in [5.41, 5.74) is 38.2. The Morgan fingerprint density at radius 3 is 0.872 bits per heavy atom. The van der Waals surface area contributed by atoms with E-state index in [0.29, 0.717) is 0 Å². The Morgan fingerprint density at radius 1 is 0.143 bits per heavy atom. The standard InChI is InChI=1S/C131H86S2/c1-129(2)119-73-92-39-38-87(71-101(92)72-118(119)115-59-49-96-66-89(41-50-103(96)122(115)129)79-19-12-21-94(63-79)107-25-14-27-116-109-24-9-10-29-120(109)132-127(107)116)86-33-31-75-30-32-85(69-100(75)70-86)84-37-36-82-61-81(34-35-83(82)62-84)77-17-11-18-78(60-77)88-42-51-105-97(65-88)47-57-113-114-58-48-99-68-91(44-53-106(99)126(114)131(5,6)125(105)113)93-45-54-110-117-28-15-26-108(128(117)133-121(110)74-93)95-22-13-20-80(64-95)90-43-52-104-98(67-90)46-56-112-111-55-40-76-16-7-8-23-102(76)123(111)130(3,4)124(104)112/h7-74H,1-6H3. The van der Waals surface area contributed by atoms with Gasteiger partial charge in [0.15, 0.2) is 0 Å². The van der Waals surface area contributed by atoms with Gasteiger partial charge in [-0.3, -0.25) is 0 Å². The summed E-state index contributed by atoms with van der Waals surface area (Å²) in [4.78, 5) is 0. The fraction of sp³-hybridized carbons (Fsp3) is 0.0687. The van der Waals surface area contributed by atoms with Gasteiger partial charge in [-0.15, -0.1) is 22.7 Å². The zero-order valence-electron chi connectivity index (χ0n) is 74.6. The van der Waals surface area contributed by atoms with Crippen LogP contribution in [0.2, 0.25) is 0 Å². The topological polar surface area (TPSA) is 0 Å². The van der Waals surface area contributed by atoms with Crippen LogP contribution < -0.4 is 0 Å². The predicted molar refractivity (Wildman–Crippen MR) is 574 cm³/mol. The molecule has 0 spiro atoms. The van der Waals surface area contributed by atoms with Crippen LogP contribution in [-0.4, -0.2) is 0 Å². The van der Waals surface area contributed by atoms with Crippen LogP contribution in [0.5, 0.6) is 0 Å². The van der Waals surface area contributed by atoms with Crippen LogP contribution in [0, 0.1) is 0 Å². The Morgan fingerprint density at radius 2 is 0.421 bits per heavy atom. The summed E-state index contributed by atoms with van der Waals surface area (Å²) in [5, 5.41) is 25.8. The zero-order chi connectivity index (χ0) is 88.2. The van der Waals surface area contributed by atoms with E-state index in [0.717, 1.165) is 0 Å². The number of fused-ring (bicyclic) bond motifs is 28. The number of benzene rings is 23. The summed E-state index contributed by atoms with van der Waals surface area (Å²) in [7, 11) is 0. The lowest BCUT2D eigenvalue weighted by atomic mass is 9.78. The molecule has 25 aromatic rings. The highest BCUT2D eigenvalue weighted by molar-refractivity contribution is 7.26. The third kappa shape index (κ3) is 11.6. The van der Waals surface area contributed by atoms with Crippen LogP contribution in [-0.2, 0) is 16.2 Å². The molecule has 0 aliphatic heterocycles. The van der Waals surface area contributed by atoms with E-state index in [1.165, 1.54) is 293 Å². The summed E-state index contributed by atoms with van der Waals surface area (Å²) in [5.74, 6) is 0. The van der Waals surface area contributed by atoms with Gasteiger partial charge >= 0.3 is 0 Å². The number of rotatable bonds is 9. The molecule has 28 rings (SSSR count). The molecular formula is C131H86S2. The van der Waals surface area contributed by atoms with Gasteiger partial charge in [-0.05, 0) is 350 Å². The lowest BCUT2D eigenvalue weighted by molar-refractivity contribution is 0.667. The minimum absolute atomic E-state index is 0.128. The maximum atomic E-state index is 2.47. The summed E-state index contributed by atoms with van der Waals surface area (Å²) in [6.07, 6.45) is 0. The van der Waals surface area contributed by atoms with E-state index in [1.807, 2.05) is 22.7 Å². The smallest absolute Gasteiger partial charge is 0.0433 e. The van der Waals surface area contributed by atoms with Gasteiger partial charge < -0.3 is 0 Å². The summed E-state index contributed by atoms with van der Waals surface area (Å²) in [6, 6.07) is 158. The van der Waals surface area contributed by atoms with Gasteiger partial charge in [0.1, 0.15) is 0 Å². The second kappa shape index (κ2) is 28.3. The van der Waals surface area contributed by atoms with Gasteiger partial charge in [0.25, 0.3) is 0 Å². The average molecular weight is 1720 g/mol. The molecule has 622 valence electrons. The van der Waals surface area contributed by atoms with Gasteiger partial charge in [0.05, 0.1) is 0 Å². The van der Waals surface area contributed by atoms with Gasteiger partial charge in [-0.2, -0.15) is 0 Å². The molecule has 23 aromatic carbocycles. The first-order chi connectivity index (χ1) is 65.1. The first-order valence-corrected chi connectivity index (χ1v) is 48.4. The third-order valence-electron chi connectivity index (χ3n) is 30.8. The molecule has 0 unspecified atom stereocenters. The molecule has 2 heterocycles. The minimum atomic E-state index is -0.233.